The zero-order chi connectivity index (χ0) is 12.1. The maximum atomic E-state index is 12.1. The quantitative estimate of drug-likeness (QED) is 0.796. The minimum absolute atomic E-state index is 0.240. The maximum Gasteiger partial charge on any atom is 0.225 e. The second-order valence-corrected chi connectivity index (χ2v) is 5.40. The number of hydrogen-bond acceptors (Lipinski definition) is 4. The minimum atomic E-state index is 0.240. The van der Waals surface area contributed by atoms with Crippen molar-refractivity contribution in [1.82, 2.24) is 19.7 Å². The number of nitrogens with zero attached hydrogens (tertiary/aromatic N) is 4. The summed E-state index contributed by atoms with van der Waals surface area (Å²) >= 11 is 1.90. The fourth-order valence-electron chi connectivity index (χ4n) is 1.99. The fourth-order valence-corrected chi connectivity index (χ4v) is 3.37. The van der Waals surface area contributed by atoms with Gasteiger partial charge in [-0.05, 0) is 6.42 Å². The van der Waals surface area contributed by atoms with Crippen molar-refractivity contribution in [3.05, 3.63) is 12.7 Å². The van der Waals surface area contributed by atoms with Gasteiger partial charge in [0.15, 0.2) is 0 Å². The summed E-state index contributed by atoms with van der Waals surface area (Å²) in [5.41, 5.74) is 0. The molecule has 94 valence electrons. The van der Waals surface area contributed by atoms with E-state index in [1.165, 1.54) is 6.33 Å². The third kappa shape index (κ3) is 3.21. The van der Waals surface area contributed by atoms with E-state index >= 15 is 0 Å². The SMILES string of the molecule is CCCC1SCCN1C(=O)CCn1cncn1. The molecule has 0 radical (unpaired) electrons. The number of rotatable bonds is 5. The maximum absolute atomic E-state index is 12.1. The Morgan fingerprint density at radius 1 is 1.59 bits per heavy atom. The van der Waals surface area contributed by atoms with Crippen molar-refractivity contribution >= 4 is 17.7 Å². The van der Waals surface area contributed by atoms with Gasteiger partial charge in [-0.25, -0.2) is 4.98 Å². The fraction of sp³-hybridized carbons (Fsp3) is 0.727. The third-order valence-corrected chi connectivity index (χ3v) is 4.16. The largest absolute Gasteiger partial charge is 0.330 e. The third-order valence-electron chi connectivity index (χ3n) is 2.87. The lowest BCUT2D eigenvalue weighted by Crippen LogP contribution is -2.35. The van der Waals surface area contributed by atoms with E-state index in [1.54, 1.807) is 11.0 Å². The predicted molar refractivity (Wildman–Crippen MR) is 67.5 cm³/mol. The van der Waals surface area contributed by atoms with Crippen molar-refractivity contribution in [2.24, 2.45) is 0 Å². The zero-order valence-corrected chi connectivity index (χ0v) is 10.9. The Kier molecular flexibility index (Phi) is 4.42. The van der Waals surface area contributed by atoms with Gasteiger partial charge in [0.05, 0.1) is 11.9 Å². The monoisotopic (exact) mass is 254 g/mol. The minimum Gasteiger partial charge on any atom is -0.330 e. The van der Waals surface area contributed by atoms with E-state index in [2.05, 4.69) is 17.0 Å². The second kappa shape index (κ2) is 6.05. The van der Waals surface area contributed by atoms with Gasteiger partial charge >= 0.3 is 0 Å². The molecule has 0 aromatic carbocycles. The van der Waals surface area contributed by atoms with Gasteiger partial charge in [-0.2, -0.15) is 5.10 Å². The summed E-state index contributed by atoms with van der Waals surface area (Å²) in [6.07, 6.45) is 5.89. The molecule has 1 saturated heterocycles. The van der Waals surface area contributed by atoms with Gasteiger partial charge < -0.3 is 4.90 Å². The van der Waals surface area contributed by atoms with Crippen LogP contribution in [0.4, 0.5) is 0 Å². The first-order chi connectivity index (χ1) is 8.31. The summed E-state index contributed by atoms with van der Waals surface area (Å²) in [5, 5.41) is 4.39. The second-order valence-electron chi connectivity index (χ2n) is 4.11. The molecule has 0 saturated carbocycles. The Morgan fingerprint density at radius 2 is 2.47 bits per heavy atom. The molecule has 1 aromatic rings. The molecule has 5 nitrogen and oxygen atoms in total. The Morgan fingerprint density at radius 3 is 3.18 bits per heavy atom. The van der Waals surface area contributed by atoms with Crippen molar-refractivity contribution in [1.29, 1.82) is 0 Å². The highest BCUT2D eigenvalue weighted by Crippen LogP contribution is 2.27. The normalized spacial score (nSPS) is 19.8. The Balaban J connectivity index is 1.82. The highest BCUT2D eigenvalue weighted by atomic mass is 32.2. The van der Waals surface area contributed by atoms with Crippen LogP contribution in [0.2, 0.25) is 0 Å². The average Bonchev–Trinajstić information content (AvgIpc) is 2.97. The summed E-state index contributed by atoms with van der Waals surface area (Å²) in [6.45, 7) is 3.68. The molecule has 1 amide bonds. The smallest absolute Gasteiger partial charge is 0.225 e. The lowest BCUT2D eigenvalue weighted by Gasteiger charge is -2.23. The van der Waals surface area contributed by atoms with Crippen LogP contribution >= 0.6 is 11.8 Å². The summed E-state index contributed by atoms with van der Waals surface area (Å²) in [6, 6.07) is 0. The molecular weight excluding hydrogens is 236 g/mol. The standard InChI is InChI=1S/C11H18N4OS/c1-2-3-11-15(6-7-17-11)10(16)4-5-14-9-12-8-13-14/h8-9,11H,2-7H2,1H3. The van der Waals surface area contributed by atoms with Crippen molar-refractivity contribution < 1.29 is 4.79 Å². The van der Waals surface area contributed by atoms with Crippen molar-refractivity contribution in [2.45, 2.75) is 38.1 Å². The van der Waals surface area contributed by atoms with E-state index in [-0.39, 0.29) is 5.91 Å². The molecule has 0 aliphatic carbocycles. The summed E-state index contributed by atoms with van der Waals surface area (Å²) < 4.78 is 1.70. The summed E-state index contributed by atoms with van der Waals surface area (Å²) in [7, 11) is 0. The van der Waals surface area contributed by atoms with Gasteiger partial charge in [-0.15, -0.1) is 11.8 Å². The van der Waals surface area contributed by atoms with Crippen LogP contribution in [0.15, 0.2) is 12.7 Å². The zero-order valence-electron chi connectivity index (χ0n) is 10.1. The van der Waals surface area contributed by atoms with Crippen LogP contribution < -0.4 is 0 Å². The first-order valence-corrected chi connectivity index (χ1v) is 7.09. The number of thioether (sulfide) groups is 1. The number of aromatic nitrogens is 3. The number of amides is 1. The Hall–Kier alpha value is -1.04. The molecule has 1 unspecified atom stereocenters. The molecule has 0 bridgehead atoms. The molecule has 17 heavy (non-hydrogen) atoms. The predicted octanol–water partition coefficient (Wildman–Crippen LogP) is 1.37. The highest BCUT2D eigenvalue weighted by Gasteiger charge is 2.27. The van der Waals surface area contributed by atoms with Crippen LogP contribution in [0.25, 0.3) is 0 Å². The lowest BCUT2D eigenvalue weighted by molar-refractivity contribution is -0.131. The highest BCUT2D eigenvalue weighted by molar-refractivity contribution is 8.00. The Bertz CT molecular complexity index is 354. The van der Waals surface area contributed by atoms with Crippen LogP contribution in [0.5, 0.6) is 0 Å². The molecule has 6 heteroatoms. The van der Waals surface area contributed by atoms with E-state index in [1.807, 2.05) is 16.7 Å². The molecule has 1 atom stereocenters. The molecule has 1 aliphatic heterocycles. The number of carbonyl (C=O) groups excluding carboxylic acids is 1. The van der Waals surface area contributed by atoms with Crippen molar-refractivity contribution in [3.8, 4) is 0 Å². The molecule has 0 N–H and O–H groups in total. The summed E-state index contributed by atoms with van der Waals surface area (Å²) in [5.74, 6) is 1.31. The van der Waals surface area contributed by atoms with E-state index in [0.29, 0.717) is 18.3 Å². The first kappa shape index (κ1) is 12.4. The summed E-state index contributed by atoms with van der Waals surface area (Å²) in [4.78, 5) is 18.0. The molecular formula is C11H18N4OS. The van der Waals surface area contributed by atoms with Crippen LogP contribution in [-0.4, -0.2) is 43.2 Å². The van der Waals surface area contributed by atoms with E-state index in [0.717, 1.165) is 25.1 Å². The molecule has 1 aliphatic rings. The Labute approximate surface area is 106 Å². The van der Waals surface area contributed by atoms with Crippen molar-refractivity contribution in [2.75, 3.05) is 12.3 Å². The van der Waals surface area contributed by atoms with Crippen molar-refractivity contribution in [3.63, 3.8) is 0 Å². The molecule has 2 rings (SSSR count). The van der Waals surface area contributed by atoms with Gasteiger partial charge in [-0.3, -0.25) is 9.48 Å². The van der Waals surface area contributed by atoms with E-state index < -0.39 is 0 Å². The van der Waals surface area contributed by atoms with Gasteiger partial charge in [0.2, 0.25) is 5.91 Å². The molecule has 2 heterocycles. The first-order valence-electron chi connectivity index (χ1n) is 6.04. The topological polar surface area (TPSA) is 51.0 Å². The number of hydrogen-bond donors (Lipinski definition) is 0. The van der Waals surface area contributed by atoms with Gasteiger partial charge in [0.25, 0.3) is 0 Å². The van der Waals surface area contributed by atoms with Gasteiger partial charge in [0.1, 0.15) is 12.7 Å². The van der Waals surface area contributed by atoms with E-state index in [9.17, 15) is 4.79 Å². The number of carbonyl (C=O) groups is 1. The van der Waals surface area contributed by atoms with Gasteiger partial charge in [0, 0.05) is 18.7 Å². The van der Waals surface area contributed by atoms with Crippen LogP contribution in [0, 0.1) is 0 Å². The molecule has 1 fully saturated rings. The van der Waals surface area contributed by atoms with Crippen LogP contribution in [0.1, 0.15) is 26.2 Å². The van der Waals surface area contributed by atoms with Crippen LogP contribution in [0.3, 0.4) is 0 Å². The lowest BCUT2D eigenvalue weighted by atomic mass is 10.3. The molecule has 1 aromatic heterocycles. The van der Waals surface area contributed by atoms with Gasteiger partial charge in [-0.1, -0.05) is 13.3 Å². The molecule has 0 spiro atoms. The number of aryl methyl sites for hydroxylation is 1. The average molecular weight is 254 g/mol. The van der Waals surface area contributed by atoms with E-state index in [4.69, 9.17) is 0 Å². The van der Waals surface area contributed by atoms with Crippen LogP contribution in [-0.2, 0) is 11.3 Å².